The average Bonchev–Trinajstić information content (AvgIpc) is 4.10. The van der Waals surface area contributed by atoms with E-state index in [0.717, 1.165) is 11.4 Å². The fourth-order valence-electron chi connectivity index (χ4n) is 13.7. The minimum absolute atomic E-state index is 0.0924. The maximum Gasteiger partial charge on any atom is 0.182 e. The number of benzene rings is 10. The maximum absolute atomic E-state index is 2.71. The second-order valence-corrected chi connectivity index (χ2v) is 23.1. The fourth-order valence-corrected chi connectivity index (χ4v) is 19.4. The summed E-state index contributed by atoms with van der Waals surface area (Å²) in [5, 5.41) is 5.95. The molecule has 0 saturated carbocycles. The van der Waals surface area contributed by atoms with Crippen LogP contribution in [0.2, 0.25) is 0 Å². The van der Waals surface area contributed by atoms with Crippen LogP contribution in [-0.4, -0.2) is 8.07 Å². The number of anilines is 3. The second-order valence-electron chi connectivity index (χ2n) is 19.5. The van der Waals surface area contributed by atoms with E-state index < -0.39 is 13.5 Å². The summed E-state index contributed by atoms with van der Waals surface area (Å²) in [6, 6.07) is 86.4. The number of hydrogen-bond donors (Lipinski definition) is 0. The van der Waals surface area contributed by atoms with Crippen molar-refractivity contribution in [3.63, 3.8) is 0 Å². The van der Waals surface area contributed by atoms with E-state index in [1.165, 1.54) is 115 Å². The quantitative estimate of drug-likeness (QED) is 0.160. The molecule has 0 unspecified atom stereocenters. The SMILES string of the molecule is CC1(C)c2ccccc2-c2cc(N(c3ccc4c(c3)C3(c5ccccc5-c5ccccc53)c3ccccc3-4)c3ccc4c(c3)[Si]3(c5ccccc5-c5ccccc53)c3ccccc3-4)ccc21. The van der Waals surface area contributed by atoms with Crippen molar-refractivity contribution in [2.24, 2.45) is 0 Å². The summed E-state index contributed by atoms with van der Waals surface area (Å²) in [6.45, 7) is 4.76. The first kappa shape index (κ1) is 36.5. The molecule has 2 aliphatic heterocycles. The van der Waals surface area contributed by atoms with Gasteiger partial charge in [-0.1, -0.05) is 202 Å². The van der Waals surface area contributed by atoms with Crippen LogP contribution < -0.4 is 25.6 Å². The smallest absolute Gasteiger partial charge is 0.182 e. The van der Waals surface area contributed by atoms with Gasteiger partial charge in [-0.2, -0.15) is 0 Å². The highest BCUT2D eigenvalue weighted by Gasteiger charge is 2.55. The second kappa shape index (κ2) is 12.7. The number of rotatable bonds is 3. The van der Waals surface area contributed by atoms with E-state index in [2.05, 4.69) is 243 Å². The molecule has 0 amide bonds. The summed E-state index contributed by atoms with van der Waals surface area (Å²) in [7, 11) is -2.71. The zero-order valence-corrected chi connectivity index (χ0v) is 37.8. The molecule has 1 nitrogen and oxygen atoms in total. The lowest BCUT2D eigenvalue weighted by Crippen LogP contribution is -2.70. The van der Waals surface area contributed by atoms with Gasteiger partial charge in [0, 0.05) is 22.5 Å². The van der Waals surface area contributed by atoms with Crippen molar-refractivity contribution < 1.29 is 0 Å². The average molecular weight is 854 g/mol. The Balaban J connectivity index is 1.02. The zero-order valence-electron chi connectivity index (χ0n) is 36.8. The fraction of sp³-hybridized carbons (Fsp3) is 0.0625. The zero-order chi connectivity index (χ0) is 43.5. The molecule has 308 valence electrons. The largest absolute Gasteiger partial charge is 0.310 e. The lowest BCUT2D eigenvalue weighted by Gasteiger charge is -2.33. The first-order valence-corrected chi connectivity index (χ1v) is 25.4. The van der Waals surface area contributed by atoms with Gasteiger partial charge in [-0.3, -0.25) is 0 Å². The number of nitrogens with zero attached hydrogens (tertiary/aromatic N) is 1. The number of fused-ring (bicyclic) bond motifs is 23. The third-order valence-electron chi connectivity index (χ3n) is 16.3. The number of hydrogen-bond acceptors (Lipinski definition) is 1. The van der Waals surface area contributed by atoms with Gasteiger partial charge in [-0.05, 0) is 146 Å². The normalized spacial score (nSPS) is 15.5. The standard InChI is InChI=1S/C64H43NSi/c1-63(2)53-24-10-3-20-46(53)52-37-40(33-36-54(52)63)65(41-31-34-47-45-19-6-13-27-57(45)64(58(47)38-41)55-25-11-4-17-43(55)44-18-5-12-26-56(44)64)42-32-35-51-50-23-9-16-30-61(50)66(62(51)39-42)59-28-14-7-21-48(59)49-22-8-15-29-60(49)66/h3-39H,1-2H3. The monoisotopic (exact) mass is 853 g/mol. The van der Waals surface area contributed by atoms with Crippen LogP contribution in [0.3, 0.4) is 0 Å². The molecule has 10 aromatic carbocycles. The predicted molar refractivity (Wildman–Crippen MR) is 277 cm³/mol. The highest BCUT2D eigenvalue weighted by molar-refractivity contribution is 7.24. The Morgan fingerprint density at radius 2 is 0.621 bits per heavy atom. The van der Waals surface area contributed by atoms with Crippen molar-refractivity contribution in [2.45, 2.75) is 24.7 Å². The van der Waals surface area contributed by atoms with Crippen molar-refractivity contribution in [1.29, 1.82) is 0 Å². The summed E-state index contributed by atoms with van der Waals surface area (Å²) in [5.41, 5.74) is 24.6. The summed E-state index contributed by atoms with van der Waals surface area (Å²) in [5.74, 6) is 0. The molecule has 0 bridgehead atoms. The first-order valence-electron chi connectivity index (χ1n) is 23.4. The van der Waals surface area contributed by atoms with Crippen LogP contribution in [0.1, 0.15) is 47.2 Å². The van der Waals surface area contributed by atoms with E-state index in [1.54, 1.807) is 0 Å². The van der Waals surface area contributed by atoms with Crippen molar-refractivity contribution in [2.75, 3.05) is 4.90 Å². The van der Waals surface area contributed by atoms with Crippen LogP contribution >= 0.6 is 0 Å². The maximum atomic E-state index is 2.60. The highest BCUT2D eigenvalue weighted by Crippen LogP contribution is 2.63. The van der Waals surface area contributed by atoms with Crippen molar-refractivity contribution in [1.82, 2.24) is 0 Å². The summed E-state index contributed by atoms with van der Waals surface area (Å²) >= 11 is 0. The van der Waals surface area contributed by atoms with E-state index in [1.807, 2.05) is 0 Å². The summed E-state index contributed by atoms with van der Waals surface area (Å²) in [4.78, 5) is 2.58. The molecule has 66 heavy (non-hydrogen) atoms. The van der Waals surface area contributed by atoms with Crippen LogP contribution in [0.15, 0.2) is 224 Å². The lowest BCUT2D eigenvalue weighted by molar-refractivity contribution is 0.660. The minimum Gasteiger partial charge on any atom is -0.310 e. The van der Waals surface area contributed by atoms with Crippen LogP contribution in [0.25, 0.3) is 55.6 Å². The lowest BCUT2D eigenvalue weighted by atomic mass is 9.70. The Hall–Kier alpha value is -7.78. The van der Waals surface area contributed by atoms with Gasteiger partial charge in [0.25, 0.3) is 0 Å². The van der Waals surface area contributed by atoms with Crippen LogP contribution in [0.5, 0.6) is 0 Å². The summed E-state index contributed by atoms with van der Waals surface area (Å²) in [6.07, 6.45) is 0. The van der Waals surface area contributed by atoms with Crippen molar-refractivity contribution in [3.05, 3.63) is 258 Å². The van der Waals surface area contributed by atoms with Crippen LogP contribution in [0.4, 0.5) is 17.1 Å². The Morgan fingerprint density at radius 1 is 0.273 bits per heavy atom. The minimum atomic E-state index is -2.71. The van der Waals surface area contributed by atoms with Gasteiger partial charge in [-0.15, -0.1) is 0 Å². The van der Waals surface area contributed by atoms with Gasteiger partial charge >= 0.3 is 0 Å². The van der Waals surface area contributed by atoms with E-state index in [-0.39, 0.29) is 5.41 Å². The molecule has 2 heteroatoms. The van der Waals surface area contributed by atoms with Crippen molar-refractivity contribution >= 4 is 45.9 Å². The summed E-state index contributed by atoms with van der Waals surface area (Å²) < 4.78 is 0. The molecular formula is C64H43NSi. The Morgan fingerprint density at radius 3 is 1.15 bits per heavy atom. The van der Waals surface area contributed by atoms with Gasteiger partial charge in [0.15, 0.2) is 8.07 Å². The molecular weight excluding hydrogens is 811 g/mol. The molecule has 0 radical (unpaired) electrons. The molecule has 0 saturated heterocycles. The van der Waals surface area contributed by atoms with E-state index in [9.17, 15) is 0 Å². The van der Waals surface area contributed by atoms with Gasteiger partial charge in [0.1, 0.15) is 0 Å². The van der Waals surface area contributed by atoms with E-state index in [0.29, 0.717) is 0 Å². The molecule has 2 spiro atoms. The van der Waals surface area contributed by atoms with Crippen LogP contribution in [0, 0.1) is 0 Å². The molecule has 10 aromatic rings. The highest BCUT2D eigenvalue weighted by atomic mass is 28.3. The molecule has 3 aliphatic carbocycles. The first-order chi connectivity index (χ1) is 32.5. The van der Waals surface area contributed by atoms with Crippen molar-refractivity contribution in [3.8, 4) is 55.6 Å². The Bertz CT molecular complexity index is 3460. The molecule has 0 atom stereocenters. The topological polar surface area (TPSA) is 3.24 Å². The molecule has 2 heterocycles. The Labute approximate surface area is 387 Å². The molecule has 0 N–H and O–H groups in total. The molecule has 15 rings (SSSR count). The third-order valence-corrected chi connectivity index (χ3v) is 21.3. The van der Waals surface area contributed by atoms with Gasteiger partial charge in [0.05, 0.1) is 5.41 Å². The Kier molecular flexibility index (Phi) is 7.04. The molecule has 0 aromatic heterocycles. The third kappa shape index (κ3) is 4.28. The van der Waals surface area contributed by atoms with Gasteiger partial charge < -0.3 is 4.90 Å². The molecule has 0 fully saturated rings. The van der Waals surface area contributed by atoms with Crippen LogP contribution in [-0.2, 0) is 10.8 Å². The predicted octanol–water partition coefficient (Wildman–Crippen LogP) is 13.1. The molecule has 5 aliphatic rings. The van der Waals surface area contributed by atoms with E-state index in [4.69, 9.17) is 0 Å². The van der Waals surface area contributed by atoms with E-state index >= 15 is 0 Å². The van der Waals surface area contributed by atoms with Gasteiger partial charge in [-0.25, -0.2) is 0 Å². The van der Waals surface area contributed by atoms with Gasteiger partial charge in [0.2, 0.25) is 0 Å².